The zero-order valence-corrected chi connectivity index (χ0v) is 14.1. The van der Waals surface area contributed by atoms with Crippen LogP contribution in [-0.4, -0.2) is 42.8 Å². The highest BCUT2D eigenvalue weighted by molar-refractivity contribution is 5.89. The molecular formula is C19H23NO5. The Morgan fingerprint density at radius 1 is 1.28 bits per heavy atom. The van der Waals surface area contributed by atoms with E-state index in [-0.39, 0.29) is 23.2 Å². The minimum absolute atomic E-state index is 0.158. The van der Waals surface area contributed by atoms with E-state index in [0.717, 1.165) is 37.0 Å². The Balaban J connectivity index is 1.48. The van der Waals surface area contributed by atoms with E-state index in [2.05, 4.69) is 5.32 Å². The Morgan fingerprint density at radius 3 is 2.88 bits per heavy atom. The second-order valence-corrected chi connectivity index (χ2v) is 7.31. The van der Waals surface area contributed by atoms with Gasteiger partial charge in [-0.1, -0.05) is 18.2 Å². The van der Waals surface area contributed by atoms with E-state index in [1.165, 1.54) is 0 Å². The molecule has 6 nitrogen and oxygen atoms in total. The van der Waals surface area contributed by atoms with Crippen molar-refractivity contribution in [1.82, 2.24) is 5.32 Å². The fraction of sp³-hybridized carbons (Fsp3) is 0.579. The molecule has 1 aliphatic carbocycles. The Morgan fingerprint density at radius 2 is 2.12 bits per heavy atom. The van der Waals surface area contributed by atoms with Crippen molar-refractivity contribution in [1.29, 1.82) is 0 Å². The summed E-state index contributed by atoms with van der Waals surface area (Å²) in [5.41, 5.74) is 0.889. The highest BCUT2D eigenvalue weighted by Gasteiger charge is 2.61. The van der Waals surface area contributed by atoms with E-state index in [1.54, 1.807) is 0 Å². The van der Waals surface area contributed by atoms with Crippen LogP contribution in [0.2, 0.25) is 0 Å². The van der Waals surface area contributed by atoms with Gasteiger partial charge in [-0.05, 0) is 31.7 Å². The number of carboxylic acid groups (broad SMARTS) is 1. The Hall–Kier alpha value is -2.08. The van der Waals surface area contributed by atoms with Crippen LogP contribution < -0.4 is 10.1 Å². The second-order valence-electron chi connectivity index (χ2n) is 7.31. The number of fused-ring (bicyclic) bond motifs is 2. The molecule has 1 aromatic rings. The van der Waals surface area contributed by atoms with Gasteiger partial charge < -0.3 is 19.9 Å². The van der Waals surface area contributed by atoms with Gasteiger partial charge in [0.05, 0.1) is 13.2 Å². The van der Waals surface area contributed by atoms with E-state index in [1.807, 2.05) is 24.3 Å². The average Bonchev–Trinajstić information content (AvgIpc) is 3.35. The summed E-state index contributed by atoms with van der Waals surface area (Å²) in [5, 5.41) is 12.3. The van der Waals surface area contributed by atoms with Crippen LogP contribution in [0.3, 0.4) is 0 Å². The molecule has 6 heteroatoms. The molecule has 0 aromatic heterocycles. The molecule has 1 spiro atoms. The number of aliphatic carboxylic acids is 1. The Labute approximate surface area is 146 Å². The van der Waals surface area contributed by atoms with Gasteiger partial charge in [0, 0.05) is 29.4 Å². The summed E-state index contributed by atoms with van der Waals surface area (Å²) in [7, 11) is 0. The molecule has 0 radical (unpaired) electrons. The lowest BCUT2D eigenvalue weighted by Crippen LogP contribution is -2.49. The number of hydrogen-bond acceptors (Lipinski definition) is 4. The molecule has 0 bridgehead atoms. The standard InChI is InChI=1S/C19H23NO5/c21-17(20-16(18(22)23)12-4-3-8-24-11-12)14-10-19(14)7-9-25-15-6-2-1-5-13(15)19/h1-2,5-6,12,14,16H,3-4,7-11H2,(H,20,21)(H,22,23)/t12?,14-,16?,19-/m0/s1. The van der Waals surface area contributed by atoms with Crippen molar-refractivity contribution in [3.8, 4) is 5.75 Å². The number of carbonyl (C=O) groups is 2. The number of carbonyl (C=O) groups excluding carboxylic acids is 1. The van der Waals surface area contributed by atoms with E-state index < -0.39 is 12.0 Å². The smallest absolute Gasteiger partial charge is 0.326 e. The predicted molar refractivity (Wildman–Crippen MR) is 89.4 cm³/mol. The summed E-state index contributed by atoms with van der Waals surface area (Å²) < 4.78 is 11.1. The molecule has 1 saturated heterocycles. The molecule has 2 N–H and O–H groups in total. The van der Waals surface area contributed by atoms with Crippen LogP contribution in [0, 0.1) is 11.8 Å². The Bertz CT molecular complexity index is 684. The van der Waals surface area contributed by atoms with Crippen molar-refractivity contribution >= 4 is 11.9 Å². The maximum atomic E-state index is 12.8. The largest absolute Gasteiger partial charge is 0.493 e. The highest BCUT2D eigenvalue weighted by atomic mass is 16.5. The minimum atomic E-state index is -0.981. The number of nitrogens with one attached hydrogen (secondary N) is 1. The molecule has 1 aromatic carbocycles. The topological polar surface area (TPSA) is 84.9 Å². The molecule has 2 unspecified atom stereocenters. The third-order valence-corrected chi connectivity index (χ3v) is 5.85. The first-order valence-electron chi connectivity index (χ1n) is 8.95. The van der Waals surface area contributed by atoms with Gasteiger partial charge >= 0.3 is 5.97 Å². The van der Waals surface area contributed by atoms with Crippen LogP contribution in [0.5, 0.6) is 5.75 Å². The van der Waals surface area contributed by atoms with Crippen LogP contribution in [0.25, 0.3) is 0 Å². The molecule has 2 aliphatic heterocycles. The molecule has 4 atom stereocenters. The molecule has 4 rings (SSSR count). The minimum Gasteiger partial charge on any atom is -0.493 e. The van der Waals surface area contributed by atoms with Gasteiger partial charge in [-0.2, -0.15) is 0 Å². The third-order valence-electron chi connectivity index (χ3n) is 5.85. The van der Waals surface area contributed by atoms with Crippen molar-refractivity contribution < 1.29 is 24.2 Å². The molecule has 1 saturated carbocycles. The van der Waals surface area contributed by atoms with Crippen LogP contribution in [-0.2, 0) is 19.7 Å². The van der Waals surface area contributed by atoms with Gasteiger partial charge in [-0.25, -0.2) is 4.79 Å². The van der Waals surface area contributed by atoms with E-state index in [4.69, 9.17) is 9.47 Å². The number of benzene rings is 1. The summed E-state index contributed by atoms with van der Waals surface area (Å²) in [6, 6.07) is 6.97. The molecular weight excluding hydrogens is 322 g/mol. The second kappa shape index (κ2) is 6.33. The van der Waals surface area contributed by atoms with Gasteiger partial charge in [0.2, 0.25) is 5.91 Å². The average molecular weight is 345 g/mol. The van der Waals surface area contributed by atoms with Gasteiger partial charge in [0.15, 0.2) is 0 Å². The lowest BCUT2D eigenvalue weighted by atomic mass is 9.87. The molecule has 1 amide bonds. The molecule has 3 aliphatic rings. The van der Waals surface area contributed by atoms with Crippen LogP contribution in [0.1, 0.15) is 31.2 Å². The SMILES string of the molecule is O=C(O)C(NC(=O)[C@@H]1C[C@]12CCOc1ccccc12)C1CCCOC1. The summed E-state index contributed by atoms with van der Waals surface area (Å²) in [6.07, 6.45) is 3.16. The van der Waals surface area contributed by atoms with Gasteiger partial charge in [-0.15, -0.1) is 0 Å². The quantitative estimate of drug-likeness (QED) is 0.868. The van der Waals surface area contributed by atoms with Crippen LogP contribution in [0.4, 0.5) is 0 Å². The first-order valence-corrected chi connectivity index (χ1v) is 8.95. The first kappa shape index (κ1) is 16.4. The maximum Gasteiger partial charge on any atom is 0.326 e. The first-order chi connectivity index (χ1) is 12.1. The van der Waals surface area contributed by atoms with Gasteiger partial charge in [0.1, 0.15) is 11.8 Å². The summed E-state index contributed by atoms with van der Waals surface area (Å²) >= 11 is 0. The number of hydrogen-bond donors (Lipinski definition) is 2. The molecule has 2 fully saturated rings. The lowest BCUT2D eigenvalue weighted by Gasteiger charge is -2.29. The zero-order valence-electron chi connectivity index (χ0n) is 14.1. The number of carboxylic acids is 1. The fourth-order valence-corrected chi connectivity index (χ4v) is 4.37. The predicted octanol–water partition coefficient (Wildman–Crippen LogP) is 1.72. The number of ether oxygens (including phenoxy) is 2. The number of rotatable bonds is 4. The van der Waals surface area contributed by atoms with Crippen molar-refractivity contribution in [2.45, 2.75) is 37.1 Å². The zero-order chi connectivity index (χ0) is 17.4. The van der Waals surface area contributed by atoms with Gasteiger partial charge in [-0.3, -0.25) is 4.79 Å². The highest BCUT2D eigenvalue weighted by Crippen LogP contribution is 2.60. The van der Waals surface area contributed by atoms with E-state index in [9.17, 15) is 14.7 Å². The summed E-state index contributed by atoms with van der Waals surface area (Å²) in [4.78, 5) is 24.4. The van der Waals surface area contributed by atoms with Gasteiger partial charge in [0.25, 0.3) is 0 Å². The number of para-hydroxylation sites is 1. The van der Waals surface area contributed by atoms with E-state index in [0.29, 0.717) is 19.8 Å². The normalized spacial score (nSPS) is 31.5. The van der Waals surface area contributed by atoms with Crippen molar-refractivity contribution in [3.05, 3.63) is 29.8 Å². The summed E-state index contributed by atoms with van der Waals surface area (Å²) in [5.74, 6) is -0.629. The van der Waals surface area contributed by atoms with Crippen LogP contribution in [0.15, 0.2) is 24.3 Å². The van der Waals surface area contributed by atoms with Crippen molar-refractivity contribution in [2.75, 3.05) is 19.8 Å². The monoisotopic (exact) mass is 345 g/mol. The lowest BCUT2D eigenvalue weighted by molar-refractivity contribution is -0.145. The maximum absolute atomic E-state index is 12.8. The Kier molecular flexibility index (Phi) is 4.15. The van der Waals surface area contributed by atoms with E-state index >= 15 is 0 Å². The number of amides is 1. The van der Waals surface area contributed by atoms with Crippen LogP contribution >= 0.6 is 0 Å². The van der Waals surface area contributed by atoms with Crippen molar-refractivity contribution in [2.24, 2.45) is 11.8 Å². The van der Waals surface area contributed by atoms with Crippen molar-refractivity contribution in [3.63, 3.8) is 0 Å². The third kappa shape index (κ3) is 2.88. The molecule has 2 heterocycles. The summed E-state index contributed by atoms with van der Waals surface area (Å²) in [6.45, 7) is 1.66. The fourth-order valence-electron chi connectivity index (χ4n) is 4.37. The molecule has 134 valence electrons. The molecule has 25 heavy (non-hydrogen) atoms.